The summed E-state index contributed by atoms with van der Waals surface area (Å²) in [6, 6.07) is 3.43. The number of ether oxygens (including phenoxy) is 1. The van der Waals surface area contributed by atoms with Gasteiger partial charge in [0.25, 0.3) is 0 Å². The van der Waals surface area contributed by atoms with Gasteiger partial charge < -0.3 is 4.74 Å². The summed E-state index contributed by atoms with van der Waals surface area (Å²) in [5.74, 6) is 1.31. The minimum atomic E-state index is -3.11. The standard InChI is InChI=1S/C13H15BrF2N2O/c14-11-1-2-12(17-4-11)7-19-13(15,16)8-18-5-9-3-10(9)6-18/h1-2,4,9-10H,3,5-8H2. The van der Waals surface area contributed by atoms with Gasteiger partial charge in [-0.25, -0.2) is 0 Å². The first-order valence-corrected chi connectivity index (χ1v) is 7.16. The van der Waals surface area contributed by atoms with Crippen LogP contribution in [0.25, 0.3) is 0 Å². The molecule has 1 aromatic heterocycles. The summed E-state index contributed by atoms with van der Waals surface area (Å²) in [7, 11) is 0. The van der Waals surface area contributed by atoms with Crippen LogP contribution in [0.3, 0.4) is 0 Å². The Morgan fingerprint density at radius 3 is 2.74 bits per heavy atom. The van der Waals surface area contributed by atoms with Crippen LogP contribution in [0, 0.1) is 11.8 Å². The van der Waals surface area contributed by atoms with Gasteiger partial charge >= 0.3 is 6.11 Å². The largest absolute Gasteiger partial charge is 0.368 e. The molecule has 2 aliphatic rings. The van der Waals surface area contributed by atoms with Gasteiger partial charge in [-0.3, -0.25) is 9.88 Å². The molecule has 0 radical (unpaired) electrons. The van der Waals surface area contributed by atoms with Crippen molar-refractivity contribution in [1.29, 1.82) is 0 Å². The van der Waals surface area contributed by atoms with Crippen molar-refractivity contribution in [3.63, 3.8) is 0 Å². The molecule has 1 aliphatic heterocycles. The highest BCUT2D eigenvalue weighted by molar-refractivity contribution is 9.10. The topological polar surface area (TPSA) is 25.4 Å². The molecule has 3 rings (SSSR count). The van der Waals surface area contributed by atoms with Gasteiger partial charge in [-0.05, 0) is 46.3 Å². The van der Waals surface area contributed by atoms with Crippen LogP contribution in [0.5, 0.6) is 0 Å². The zero-order chi connectivity index (χ0) is 13.5. The second-order valence-electron chi connectivity index (χ2n) is 5.34. The second-order valence-corrected chi connectivity index (χ2v) is 6.26. The lowest BCUT2D eigenvalue weighted by atomic mass is 10.4. The Morgan fingerprint density at radius 1 is 1.37 bits per heavy atom. The lowest BCUT2D eigenvalue weighted by Crippen LogP contribution is -2.38. The van der Waals surface area contributed by atoms with Crippen LogP contribution in [0.4, 0.5) is 8.78 Å². The molecule has 1 saturated heterocycles. The average molecular weight is 333 g/mol. The van der Waals surface area contributed by atoms with Crippen LogP contribution in [0.1, 0.15) is 12.1 Å². The summed E-state index contributed by atoms with van der Waals surface area (Å²) in [5.41, 5.74) is 0.507. The van der Waals surface area contributed by atoms with Gasteiger partial charge in [-0.1, -0.05) is 0 Å². The van der Waals surface area contributed by atoms with Crippen LogP contribution < -0.4 is 0 Å². The molecule has 0 N–H and O–H groups in total. The molecule has 0 spiro atoms. The summed E-state index contributed by atoms with van der Waals surface area (Å²) < 4.78 is 32.9. The molecule has 3 nitrogen and oxygen atoms in total. The van der Waals surface area contributed by atoms with E-state index >= 15 is 0 Å². The number of alkyl halides is 2. The van der Waals surface area contributed by atoms with E-state index in [2.05, 4.69) is 20.9 Å². The Labute approximate surface area is 119 Å². The molecule has 104 valence electrons. The Kier molecular flexibility index (Phi) is 3.57. The van der Waals surface area contributed by atoms with Gasteiger partial charge in [0.2, 0.25) is 0 Å². The van der Waals surface area contributed by atoms with E-state index in [0.717, 1.165) is 17.6 Å². The molecule has 2 atom stereocenters. The summed E-state index contributed by atoms with van der Waals surface area (Å²) in [4.78, 5) is 5.81. The molecular weight excluding hydrogens is 318 g/mol. The van der Waals surface area contributed by atoms with Gasteiger partial charge in [0.1, 0.15) is 0 Å². The fraction of sp³-hybridized carbons (Fsp3) is 0.615. The van der Waals surface area contributed by atoms with E-state index in [-0.39, 0.29) is 13.2 Å². The zero-order valence-corrected chi connectivity index (χ0v) is 11.9. The molecule has 1 aromatic rings. The number of rotatable bonds is 5. The van der Waals surface area contributed by atoms with Crippen LogP contribution in [-0.2, 0) is 11.3 Å². The van der Waals surface area contributed by atoms with E-state index < -0.39 is 6.11 Å². The van der Waals surface area contributed by atoms with Gasteiger partial charge in [0, 0.05) is 23.8 Å². The highest BCUT2D eigenvalue weighted by Gasteiger charge is 2.47. The average Bonchev–Trinajstić information content (AvgIpc) is 2.96. The summed E-state index contributed by atoms with van der Waals surface area (Å²) >= 11 is 3.25. The van der Waals surface area contributed by atoms with Gasteiger partial charge in [-0.2, -0.15) is 8.78 Å². The van der Waals surface area contributed by atoms with E-state index in [0.29, 0.717) is 17.5 Å². The molecule has 0 amide bonds. The van der Waals surface area contributed by atoms with Crippen molar-refractivity contribution in [3.05, 3.63) is 28.5 Å². The van der Waals surface area contributed by atoms with Crippen molar-refractivity contribution < 1.29 is 13.5 Å². The number of hydrogen-bond acceptors (Lipinski definition) is 3. The van der Waals surface area contributed by atoms with Crippen molar-refractivity contribution in [2.45, 2.75) is 19.1 Å². The Hall–Kier alpha value is -0.590. The lowest BCUT2D eigenvalue weighted by Gasteiger charge is -2.24. The van der Waals surface area contributed by atoms with Gasteiger partial charge in [0.15, 0.2) is 0 Å². The Bertz CT molecular complexity index is 444. The summed E-state index contributed by atoms with van der Waals surface area (Å²) in [6.45, 7) is 1.11. The molecule has 19 heavy (non-hydrogen) atoms. The van der Waals surface area contributed by atoms with Gasteiger partial charge in [0.05, 0.1) is 18.8 Å². The maximum absolute atomic E-state index is 13.7. The molecule has 2 fully saturated rings. The monoisotopic (exact) mass is 332 g/mol. The maximum Gasteiger partial charge on any atom is 0.368 e. The Morgan fingerprint density at radius 2 is 2.11 bits per heavy atom. The van der Waals surface area contributed by atoms with E-state index in [1.165, 1.54) is 6.42 Å². The van der Waals surface area contributed by atoms with Crippen LogP contribution in [-0.4, -0.2) is 35.6 Å². The first kappa shape index (κ1) is 13.4. The third-order valence-electron chi connectivity index (χ3n) is 3.68. The van der Waals surface area contributed by atoms with Crippen LogP contribution >= 0.6 is 15.9 Å². The van der Waals surface area contributed by atoms with Crippen LogP contribution in [0.2, 0.25) is 0 Å². The van der Waals surface area contributed by atoms with Crippen molar-refractivity contribution in [2.75, 3.05) is 19.6 Å². The van der Waals surface area contributed by atoms with Gasteiger partial charge in [-0.15, -0.1) is 0 Å². The molecule has 2 heterocycles. The number of piperidine rings is 1. The van der Waals surface area contributed by atoms with E-state index in [9.17, 15) is 8.78 Å². The van der Waals surface area contributed by atoms with Crippen molar-refractivity contribution in [1.82, 2.24) is 9.88 Å². The number of halogens is 3. The fourth-order valence-corrected chi connectivity index (χ4v) is 2.84. The molecule has 1 saturated carbocycles. The fourth-order valence-electron chi connectivity index (χ4n) is 2.60. The zero-order valence-electron chi connectivity index (χ0n) is 10.4. The van der Waals surface area contributed by atoms with Crippen molar-refractivity contribution in [3.8, 4) is 0 Å². The predicted octanol–water partition coefficient (Wildman–Crippen LogP) is 2.91. The third kappa shape index (κ3) is 3.49. The predicted molar refractivity (Wildman–Crippen MR) is 69.7 cm³/mol. The van der Waals surface area contributed by atoms with E-state index in [1.807, 2.05) is 0 Å². The number of likely N-dealkylation sites (tertiary alicyclic amines) is 1. The van der Waals surface area contributed by atoms with Crippen LogP contribution in [0.15, 0.2) is 22.8 Å². The smallest absolute Gasteiger partial charge is 0.313 e. The quantitative estimate of drug-likeness (QED) is 0.829. The third-order valence-corrected chi connectivity index (χ3v) is 4.15. The Balaban J connectivity index is 1.48. The number of pyridine rings is 1. The normalized spacial score (nSPS) is 26.5. The minimum absolute atomic E-state index is 0.166. The summed E-state index contributed by atoms with van der Waals surface area (Å²) in [6.07, 6.45) is -0.317. The number of hydrogen-bond donors (Lipinski definition) is 0. The molecular formula is C13H15BrF2N2O. The first-order valence-electron chi connectivity index (χ1n) is 6.36. The molecule has 1 aliphatic carbocycles. The number of nitrogens with zero attached hydrogens (tertiary/aromatic N) is 2. The second kappa shape index (κ2) is 5.07. The summed E-state index contributed by atoms with van der Waals surface area (Å²) in [5, 5.41) is 0. The van der Waals surface area contributed by atoms with E-state index in [4.69, 9.17) is 4.74 Å². The maximum atomic E-state index is 13.7. The van der Waals surface area contributed by atoms with E-state index in [1.54, 1.807) is 23.2 Å². The first-order chi connectivity index (χ1) is 9.02. The number of fused-ring (bicyclic) bond motifs is 1. The minimum Gasteiger partial charge on any atom is -0.313 e. The molecule has 0 bridgehead atoms. The van der Waals surface area contributed by atoms with Crippen molar-refractivity contribution in [2.24, 2.45) is 11.8 Å². The molecule has 6 heteroatoms. The highest BCUT2D eigenvalue weighted by Crippen LogP contribution is 2.45. The lowest BCUT2D eigenvalue weighted by molar-refractivity contribution is -0.253. The molecule has 2 unspecified atom stereocenters. The highest BCUT2D eigenvalue weighted by atomic mass is 79.9. The number of aromatic nitrogens is 1. The van der Waals surface area contributed by atoms with Crippen molar-refractivity contribution >= 4 is 15.9 Å². The molecule has 0 aromatic carbocycles. The SMILES string of the molecule is FC(F)(CN1CC2CC2C1)OCc1ccc(Br)cn1.